The Morgan fingerprint density at radius 1 is 0.971 bits per heavy atom. The van der Waals surface area contributed by atoms with Crippen molar-refractivity contribution in [1.29, 1.82) is 0 Å². The number of piperazine rings is 1. The van der Waals surface area contributed by atoms with Crippen LogP contribution in [0.1, 0.15) is 6.42 Å². The normalized spacial score (nSPS) is 17.5. The molecule has 0 aromatic heterocycles. The van der Waals surface area contributed by atoms with Gasteiger partial charge in [0.05, 0.1) is 23.0 Å². The van der Waals surface area contributed by atoms with E-state index in [1.807, 2.05) is 0 Å². The highest BCUT2D eigenvalue weighted by molar-refractivity contribution is 7.89. The summed E-state index contributed by atoms with van der Waals surface area (Å²) in [6, 6.07) is 13.5. The molecule has 0 radical (unpaired) electrons. The zero-order chi connectivity index (χ0) is 24.0. The Kier molecular flexibility index (Phi) is 9.70. The van der Waals surface area contributed by atoms with Gasteiger partial charge in [-0.1, -0.05) is 18.2 Å². The quantitative estimate of drug-likeness (QED) is 0.302. The second kappa shape index (κ2) is 12.5. The highest BCUT2D eigenvalue weighted by Gasteiger charge is 2.29. The number of ether oxygens (including phenoxy) is 1. The van der Waals surface area contributed by atoms with Gasteiger partial charge < -0.3 is 15.0 Å². The first-order valence-corrected chi connectivity index (χ1v) is 13.0. The molecule has 2 aromatic rings. The van der Waals surface area contributed by atoms with Gasteiger partial charge in [0, 0.05) is 57.6 Å². The van der Waals surface area contributed by atoms with Crippen molar-refractivity contribution < 1.29 is 18.1 Å². The number of anilines is 2. The first-order valence-electron chi connectivity index (χ1n) is 11.6. The summed E-state index contributed by atoms with van der Waals surface area (Å²) >= 11 is 0. The molecule has 192 valence electrons. The number of rotatable bonds is 9. The molecule has 2 aromatic carbocycles. The van der Waals surface area contributed by atoms with Crippen molar-refractivity contribution >= 4 is 39.5 Å². The van der Waals surface area contributed by atoms with Crippen LogP contribution in [0.5, 0.6) is 0 Å². The fourth-order valence-electron chi connectivity index (χ4n) is 4.30. The molecule has 2 fully saturated rings. The van der Waals surface area contributed by atoms with Crippen LogP contribution >= 0.6 is 12.4 Å². The van der Waals surface area contributed by atoms with Crippen LogP contribution in [0.3, 0.4) is 0 Å². The van der Waals surface area contributed by atoms with Crippen LogP contribution in [0.25, 0.3) is 0 Å². The molecule has 0 aliphatic carbocycles. The molecule has 2 saturated heterocycles. The number of benzene rings is 2. The Morgan fingerprint density at radius 3 is 2.31 bits per heavy atom. The summed E-state index contributed by atoms with van der Waals surface area (Å²) in [4.78, 5) is 15.9. The van der Waals surface area contributed by atoms with Crippen molar-refractivity contribution in [2.45, 2.75) is 11.3 Å². The number of nitrogens with zero attached hydrogens (tertiary/aromatic N) is 4. The van der Waals surface area contributed by atoms with E-state index in [-0.39, 0.29) is 23.0 Å². The molecule has 35 heavy (non-hydrogen) atoms. The number of hydrogen-bond acceptors (Lipinski definition) is 8. The standard InChI is InChI=1S/C23H31N5O5S.ClH/c29-28(30)23-8-7-20(19-22(23)24-9-4-10-25-15-17-33-18-16-25)26-11-13-27(14-12-26)34(31,32)21-5-2-1-3-6-21;/h1-3,5-8,19,24H,4,9-18H2;1H. The van der Waals surface area contributed by atoms with Gasteiger partial charge in [-0.2, -0.15) is 4.31 Å². The average molecular weight is 526 g/mol. The van der Waals surface area contributed by atoms with E-state index in [0.29, 0.717) is 43.3 Å². The van der Waals surface area contributed by atoms with E-state index < -0.39 is 10.0 Å². The summed E-state index contributed by atoms with van der Waals surface area (Å²) < 4.78 is 32.6. The Hall–Kier alpha value is -2.44. The molecule has 0 spiro atoms. The molecule has 0 atom stereocenters. The van der Waals surface area contributed by atoms with E-state index >= 15 is 0 Å². The Morgan fingerprint density at radius 2 is 1.66 bits per heavy atom. The van der Waals surface area contributed by atoms with Crippen LogP contribution in [0.4, 0.5) is 17.1 Å². The number of hydrogen-bond donors (Lipinski definition) is 1. The minimum Gasteiger partial charge on any atom is -0.379 e. The lowest BCUT2D eigenvalue weighted by atomic mass is 10.2. The number of morpholine rings is 1. The van der Waals surface area contributed by atoms with Gasteiger partial charge in [-0.15, -0.1) is 12.4 Å². The van der Waals surface area contributed by atoms with E-state index in [9.17, 15) is 18.5 Å². The smallest absolute Gasteiger partial charge is 0.292 e. The van der Waals surface area contributed by atoms with Crippen molar-refractivity contribution in [3.63, 3.8) is 0 Å². The summed E-state index contributed by atoms with van der Waals surface area (Å²) in [5.41, 5.74) is 1.38. The third-order valence-electron chi connectivity index (χ3n) is 6.23. The predicted molar refractivity (Wildman–Crippen MR) is 138 cm³/mol. The molecule has 12 heteroatoms. The average Bonchev–Trinajstić information content (AvgIpc) is 2.87. The van der Waals surface area contributed by atoms with Crippen molar-refractivity contribution in [3.8, 4) is 0 Å². The van der Waals surface area contributed by atoms with E-state index in [1.54, 1.807) is 42.5 Å². The SMILES string of the molecule is Cl.O=[N+]([O-])c1ccc(N2CCN(S(=O)(=O)c3ccccc3)CC2)cc1NCCCN1CCOCC1. The number of nitro benzene ring substituents is 1. The van der Waals surface area contributed by atoms with Gasteiger partial charge in [0.1, 0.15) is 5.69 Å². The zero-order valence-corrected chi connectivity index (χ0v) is 21.2. The minimum atomic E-state index is -3.52. The molecule has 0 unspecified atom stereocenters. The van der Waals surface area contributed by atoms with Gasteiger partial charge in [0.25, 0.3) is 5.69 Å². The molecule has 2 aliphatic heterocycles. The Labute approximate surface area is 212 Å². The number of sulfonamides is 1. The van der Waals surface area contributed by atoms with Crippen molar-refractivity contribution in [2.24, 2.45) is 0 Å². The summed E-state index contributed by atoms with van der Waals surface area (Å²) in [7, 11) is -3.52. The zero-order valence-electron chi connectivity index (χ0n) is 19.5. The highest BCUT2D eigenvalue weighted by atomic mass is 35.5. The first-order chi connectivity index (χ1) is 16.4. The molecular formula is C23H32ClN5O5S. The molecule has 0 amide bonds. The van der Waals surface area contributed by atoms with Crippen molar-refractivity contribution in [2.75, 3.05) is 75.8 Å². The second-order valence-corrected chi connectivity index (χ2v) is 10.3. The Balaban J connectivity index is 0.00000342. The third-order valence-corrected chi connectivity index (χ3v) is 8.14. The monoisotopic (exact) mass is 525 g/mol. The second-order valence-electron chi connectivity index (χ2n) is 8.40. The largest absolute Gasteiger partial charge is 0.379 e. The minimum absolute atomic E-state index is 0. The van der Waals surface area contributed by atoms with E-state index in [0.717, 1.165) is 45.0 Å². The lowest BCUT2D eigenvalue weighted by Crippen LogP contribution is -2.48. The van der Waals surface area contributed by atoms with Crippen LogP contribution < -0.4 is 10.2 Å². The number of nitrogens with one attached hydrogen (secondary N) is 1. The fraction of sp³-hybridized carbons (Fsp3) is 0.478. The van der Waals surface area contributed by atoms with Crippen LogP contribution in [-0.2, 0) is 14.8 Å². The molecule has 0 bridgehead atoms. The predicted octanol–water partition coefficient (Wildman–Crippen LogP) is 2.66. The van der Waals surface area contributed by atoms with Gasteiger partial charge in [0.15, 0.2) is 0 Å². The molecular weight excluding hydrogens is 494 g/mol. The Bertz CT molecular complexity index is 1070. The summed E-state index contributed by atoms with van der Waals surface area (Å²) in [6.45, 7) is 6.63. The highest BCUT2D eigenvalue weighted by Crippen LogP contribution is 2.30. The fourth-order valence-corrected chi connectivity index (χ4v) is 5.74. The molecule has 2 heterocycles. The molecule has 4 rings (SSSR count). The number of nitro groups is 1. The van der Waals surface area contributed by atoms with Gasteiger partial charge in [0.2, 0.25) is 10.0 Å². The van der Waals surface area contributed by atoms with Gasteiger partial charge >= 0.3 is 0 Å². The maximum Gasteiger partial charge on any atom is 0.292 e. The van der Waals surface area contributed by atoms with E-state index in [1.165, 1.54) is 10.4 Å². The summed E-state index contributed by atoms with van der Waals surface area (Å²) in [5.74, 6) is 0. The summed E-state index contributed by atoms with van der Waals surface area (Å²) in [6.07, 6.45) is 0.872. The van der Waals surface area contributed by atoms with Crippen LogP contribution in [0, 0.1) is 10.1 Å². The van der Waals surface area contributed by atoms with Crippen LogP contribution in [-0.4, -0.2) is 88.1 Å². The third kappa shape index (κ3) is 6.83. The van der Waals surface area contributed by atoms with Gasteiger partial charge in [-0.05, 0) is 37.2 Å². The summed E-state index contributed by atoms with van der Waals surface area (Å²) in [5, 5.41) is 14.8. The van der Waals surface area contributed by atoms with Crippen LogP contribution in [0.15, 0.2) is 53.4 Å². The number of halogens is 1. The van der Waals surface area contributed by atoms with Crippen LogP contribution in [0.2, 0.25) is 0 Å². The van der Waals surface area contributed by atoms with E-state index in [4.69, 9.17) is 4.74 Å². The molecule has 10 nitrogen and oxygen atoms in total. The maximum absolute atomic E-state index is 12.9. The maximum atomic E-state index is 12.9. The molecule has 1 N–H and O–H groups in total. The van der Waals surface area contributed by atoms with Crippen molar-refractivity contribution in [3.05, 3.63) is 58.6 Å². The lowest BCUT2D eigenvalue weighted by molar-refractivity contribution is -0.383. The topological polar surface area (TPSA) is 108 Å². The van der Waals surface area contributed by atoms with E-state index in [2.05, 4.69) is 15.1 Å². The molecule has 2 aliphatic rings. The first kappa shape index (κ1) is 27.2. The van der Waals surface area contributed by atoms with Gasteiger partial charge in [-0.3, -0.25) is 15.0 Å². The molecule has 0 saturated carbocycles. The van der Waals surface area contributed by atoms with Crippen molar-refractivity contribution in [1.82, 2.24) is 9.21 Å². The lowest BCUT2D eigenvalue weighted by Gasteiger charge is -2.35. The van der Waals surface area contributed by atoms with Gasteiger partial charge in [-0.25, -0.2) is 8.42 Å².